The number of rotatable bonds is 0. The van der Waals surface area contributed by atoms with E-state index in [0.29, 0.717) is 6.42 Å². The molecule has 1 saturated heterocycles. The summed E-state index contributed by atoms with van der Waals surface area (Å²) < 4.78 is 23.6. The molecule has 66 valence electrons. The lowest BCUT2D eigenvalue weighted by Gasteiger charge is -2.22. The minimum Gasteiger partial charge on any atom is -0.337 e. The van der Waals surface area contributed by atoms with Crippen molar-refractivity contribution in [1.82, 2.24) is 5.32 Å². The number of hydrogen-bond acceptors (Lipinski definition) is 1. The van der Waals surface area contributed by atoms with E-state index < -0.39 is 10.5 Å². The lowest BCUT2D eigenvalue weighted by molar-refractivity contribution is -0.123. The molecule has 12 heavy (non-hydrogen) atoms. The zero-order chi connectivity index (χ0) is 8.93. The van der Waals surface area contributed by atoms with Crippen molar-refractivity contribution in [2.24, 2.45) is 5.92 Å². The van der Waals surface area contributed by atoms with Gasteiger partial charge in [-0.25, -0.2) is 0 Å². The summed E-state index contributed by atoms with van der Waals surface area (Å²) >= 11 is 3.12. The SMILES string of the molecule is O=C1N[C@@]2(Br)C[C@H]1CC2=C(F)F. The maximum Gasteiger partial charge on any atom is 0.272 e. The molecule has 0 unspecified atom stereocenters. The Morgan fingerprint density at radius 3 is 2.67 bits per heavy atom. The van der Waals surface area contributed by atoms with E-state index in [0.717, 1.165) is 0 Å². The lowest BCUT2D eigenvalue weighted by Crippen LogP contribution is -2.40. The number of halogens is 3. The van der Waals surface area contributed by atoms with Gasteiger partial charge in [-0.2, -0.15) is 8.78 Å². The zero-order valence-corrected chi connectivity index (χ0v) is 7.62. The van der Waals surface area contributed by atoms with Crippen LogP contribution in [0.3, 0.4) is 0 Å². The average Bonchev–Trinajstić information content (AvgIpc) is 2.38. The molecule has 1 N–H and O–H groups in total. The van der Waals surface area contributed by atoms with E-state index in [1.54, 1.807) is 0 Å². The number of alkyl halides is 1. The van der Waals surface area contributed by atoms with Gasteiger partial charge in [0.25, 0.3) is 6.08 Å². The van der Waals surface area contributed by atoms with Gasteiger partial charge in [-0.3, -0.25) is 4.79 Å². The molecule has 0 aromatic rings. The minimum atomic E-state index is -1.67. The van der Waals surface area contributed by atoms with Crippen molar-refractivity contribution in [2.75, 3.05) is 0 Å². The van der Waals surface area contributed by atoms with Crippen molar-refractivity contribution in [3.8, 4) is 0 Å². The number of carbonyl (C=O) groups excluding carboxylic acids is 1. The third kappa shape index (κ3) is 0.920. The van der Waals surface area contributed by atoms with Gasteiger partial charge in [0.2, 0.25) is 5.91 Å². The monoisotopic (exact) mass is 237 g/mol. The molecule has 5 heteroatoms. The van der Waals surface area contributed by atoms with E-state index >= 15 is 0 Å². The first-order valence-electron chi connectivity index (χ1n) is 3.58. The second-order valence-corrected chi connectivity index (χ2v) is 4.49. The molecule has 2 fully saturated rings. The van der Waals surface area contributed by atoms with Gasteiger partial charge in [0.15, 0.2) is 0 Å². The van der Waals surface area contributed by atoms with Crippen LogP contribution < -0.4 is 5.32 Å². The van der Waals surface area contributed by atoms with E-state index in [9.17, 15) is 13.6 Å². The molecule has 2 nitrogen and oxygen atoms in total. The second kappa shape index (κ2) is 2.28. The van der Waals surface area contributed by atoms with Crippen LogP contribution in [0.1, 0.15) is 12.8 Å². The Morgan fingerprint density at radius 2 is 2.33 bits per heavy atom. The van der Waals surface area contributed by atoms with E-state index in [4.69, 9.17) is 0 Å². The highest BCUT2D eigenvalue weighted by Gasteiger charge is 2.53. The quantitative estimate of drug-likeness (QED) is 0.505. The van der Waals surface area contributed by atoms with Crippen LogP contribution in [0.4, 0.5) is 8.78 Å². The van der Waals surface area contributed by atoms with Crippen LogP contribution in [0.5, 0.6) is 0 Å². The standard InChI is InChI=1S/C7H6BrF2NO/c8-7-2-3(6(12)11-7)1-4(7)5(9)10/h3H,1-2H2,(H,11,12)/t3-,7+/m1/s1. The van der Waals surface area contributed by atoms with Gasteiger partial charge >= 0.3 is 0 Å². The van der Waals surface area contributed by atoms with Crippen LogP contribution in [0.2, 0.25) is 0 Å². The number of amides is 1. The number of carbonyl (C=O) groups is 1. The van der Waals surface area contributed by atoms with E-state index in [1.165, 1.54) is 0 Å². The molecule has 2 aliphatic rings. The van der Waals surface area contributed by atoms with Gasteiger partial charge in [-0.15, -0.1) is 0 Å². The first-order valence-corrected chi connectivity index (χ1v) is 4.38. The maximum absolute atomic E-state index is 12.3. The van der Waals surface area contributed by atoms with Gasteiger partial charge in [0.05, 0.1) is 0 Å². The summed E-state index contributed by atoms with van der Waals surface area (Å²) in [6.07, 6.45) is -1.04. The fourth-order valence-corrected chi connectivity index (χ4v) is 2.68. The fourth-order valence-electron chi connectivity index (χ4n) is 1.78. The molecule has 1 saturated carbocycles. The highest BCUT2D eigenvalue weighted by molar-refractivity contribution is 9.10. The Balaban J connectivity index is 2.40. The van der Waals surface area contributed by atoms with Gasteiger partial charge < -0.3 is 5.32 Å². The Hall–Kier alpha value is -0.450. The molecule has 1 aliphatic heterocycles. The molecule has 1 aliphatic carbocycles. The van der Waals surface area contributed by atoms with Crippen molar-refractivity contribution >= 4 is 21.8 Å². The second-order valence-electron chi connectivity index (χ2n) is 3.13. The van der Waals surface area contributed by atoms with E-state index in [-0.39, 0.29) is 23.8 Å². The molecular weight excluding hydrogens is 232 g/mol. The third-order valence-electron chi connectivity index (χ3n) is 2.38. The van der Waals surface area contributed by atoms with Crippen molar-refractivity contribution in [3.05, 3.63) is 11.7 Å². The van der Waals surface area contributed by atoms with Crippen LogP contribution in [-0.2, 0) is 4.79 Å². The third-order valence-corrected chi connectivity index (χ3v) is 3.38. The lowest BCUT2D eigenvalue weighted by atomic mass is 10.1. The van der Waals surface area contributed by atoms with E-state index in [2.05, 4.69) is 21.2 Å². The largest absolute Gasteiger partial charge is 0.337 e. The average molecular weight is 238 g/mol. The Labute approximate surface area is 76.1 Å². The summed E-state index contributed by atoms with van der Waals surface area (Å²) in [5, 5.41) is 2.50. The van der Waals surface area contributed by atoms with Crippen molar-refractivity contribution < 1.29 is 13.6 Å². The molecule has 2 bridgehead atoms. The van der Waals surface area contributed by atoms with Crippen molar-refractivity contribution in [3.63, 3.8) is 0 Å². The fraction of sp³-hybridized carbons (Fsp3) is 0.571. The molecular formula is C7H6BrF2NO. The van der Waals surface area contributed by atoms with Gasteiger partial charge in [0, 0.05) is 11.5 Å². The number of fused-ring (bicyclic) bond motifs is 2. The summed E-state index contributed by atoms with van der Waals surface area (Å²) in [6, 6.07) is 0. The van der Waals surface area contributed by atoms with Gasteiger partial charge in [-0.05, 0) is 12.8 Å². The summed E-state index contributed by atoms with van der Waals surface area (Å²) in [4.78, 5) is 11.0. The number of hydrogen-bond donors (Lipinski definition) is 1. The van der Waals surface area contributed by atoms with Crippen LogP contribution in [0.15, 0.2) is 11.7 Å². The first kappa shape index (κ1) is 8.16. The molecule has 2 rings (SSSR count). The molecule has 1 amide bonds. The minimum absolute atomic E-state index is 0.0344. The Morgan fingerprint density at radius 1 is 1.67 bits per heavy atom. The first-order chi connectivity index (χ1) is 5.53. The molecule has 1 heterocycles. The molecule has 0 aromatic heterocycles. The Bertz CT molecular complexity index is 287. The molecule has 0 aromatic carbocycles. The predicted octanol–water partition coefficient (Wildman–Crippen LogP) is 1.77. The summed E-state index contributed by atoms with van der Waals surface area (Å²) in [7, 11) is 0. The zero-order valence-electron chi connectivity index (χ0n) is 6.03. The van der Waals surface area contributed by atoms with Gasteiger partial charge in [-0.1, -0.05) is 15.9 Å². The summed E-state index contributed by atoms with van der Waals surface area (Å²) in [5.41, 5.74) is 0.0344. The summed E-state index contributed by atoms with van der Waals surface area (Å²) in [6.45, 7) is 0. The maximum atomic E-state index is 12.3. The Kier molecular flexibility index (Phi) is 1.55. The van der Waals surface area contributed by atoms with Crippen molar-refractivity contribution in [2.45, 2.75) is 17.3 Å². The number of piperidine rings is 1. The normalized spacial score (nSPS) is 38.8. The molecule has 0 radical (unpaired) electrons. The summed E-state index contributed by atoms with van der Waals surface area (Å²) in [5.74, 6) is -0.391. The van der Waals surface area contributed by atoms with Crippen LogP contribution in [0.25, 0.3) is 0 Å². The van der Waals surface area contributed by atoms with Crippen LogP contribution in [0, 0.1) is 5.92 Å². The predicted molar refractivity (Wildman–Crippen MR) is 41.8 cm³/mol. The number of nitrogens with one attached hydrogen (secondary N) is 1. The molecule has 0 spiro atoms. The molecule has 2 atom stereocenters. The van der Waals surface area contributed by atoms with Crippen LogP contribution >= 0.6 is 15.9 Å². The van der Waals surface area contributed by atoms with E-state index in [1.807, 2.05) is 0 Å². The smallest absolute Gasteiger partial charge is 0.272 e. The highest BCUT2D eigenvalue weighted by atomic mass is 79.9. The topological polar surface area (TPSA) is 29.1 Å². The van der Waals surface area contributed by atoms with Crippen molar-refractivity contribution in [1.29, 1.82) is 0 Å². The highest BCUT2D eigenvalue weighted by Crippen LogP contribution is 2.50. The van der Waals surface area contributed by atoms with Crippen LogP contribution in [-0.4, -0.2) is 10.4 Å². The van der Waals surface area contributed by atoms with Gasteiger partial charge in [0.1, 0.15) is 4.45 Å².